The molecular formula is C35H35FN6O4. The third-order valence-electron chi connectivity index (χ3n) is 8.26. The van der Waals surface area contributed by atoms with E-state index in [1.807, 2.05) is 61.1 Å². The summed E-state index contributed by atoms with van der Waals surface area (Å²) in [5.74, 6) is 0.342. The van der Waals surface area contributed by atoms with E-state index in [9.17, 15) is 14.3 Å². The van der Waals surface area contributed by atoms with Crippen molar-refractivity contribution in [1.82, 2.24) is 24.0 Å². The average molecular weight is 623 g/mol. The van der Waals surface area contributed by atoms with Crippen LogP contribution < -0.4 is 9.47 Å². The number of likely N-dealkylation sites (tertiary alicyclic amines) is 1. The second-order valence-corrected chi connectivity index (χ2v) is 11.5. The lowest BCUT2D eigenvalue weighted by Crippen LogP contribution is -2.38. The van der Waals surface area contributed by atoms with Crippen LogP contribution in [0.4, 0.5) is 4.39 Å². The molecule has 0 saturated carbocycles. The summed E-state index contributed by atoms with van der Waals surface area (Å²) in [7, 11) is 0. The number of rotatable bonds is 12. The molecule has 10 nitrogen and oxygen atoms in total. The third-order valence-corrected chi connectivity index (χ3v) is 8.26. The number of hydrogen-bond donors (Lipinski definition) is 1. The van der Waals surface area contributed by atoms with E-state index in [1.165, 1.54) is 12.1 Å². The van der Waals surface area contributed by atoms with E-state index >= 15 is 0 Å². The number of aryl methyl sites for hydroxylation is 1. The van der Waals surface area contributed by atoms with Crippen LogP contribution in [-0.4, -0.2) is 54.3 Å². The Morgan fingerprint density at radius 2 is 1.93 bits per heavy atom. The number of nitrogens with zero attached hydrogens (tertiary/aromatic N) is 6. The van der Waals surface area contributed by atoms with Crippen LogP contribution in [0.2, 0.25) is 0 Å². The molecule has 0 unspecified atom stereocenters. The van der Waals surface area contributed by atoms with Gasteiger partial charge in [0.2, 0.25) is 0 Å². The summed E-state index contributed by atoms with van der Waals surface area (Å²) in [6.45, 7) is 5.99. The largest absolute Gasteiger partial charge is 0.490 e. The molecule has 0 spiro atoms. The number of benzene rings is 3. The molecule has 11 heteroatoms. The van der Waals surface area contributed by atoms with Gasteiger partial charge >= 0.3 is 5.97 Å². The maximum atomic E-state index is 14.2. The van der Waals surface area contributed by atoms with Gasteiger partial charge < -0.3 is 23.7 Å². The van der Waals surface area contributed by atoms with Gasteiger partial charge in [-0.25, -0.2) is 14.4 Å². The predicted molar refractivity (Wildman–Crippen MR) is 169 cm³/mol. The van der Waals surface area contributed by atoms with Gasteiger partial charge in [0.25, 0.3) is 0 Å². The van der Waals surface area contributed by atoms with Crippen molar-refractivity contribution in [2.24, 2.45) is 0 Å². The first-order valence-corrected chi connectivity index (χ1v) is 15.4. The van der Waals surface area contributed by atoms with Crippen LogP contribution in [0.5, 0.6) is 11.5 Å². The van der Waals surface area contributed by atoms with Crippen molar-refractivity contribution >= 4 is 17.0 Å². The van der Waals surface area contributed by atoms with Gasteiger partial charge in [-0.1, -0.05) is 18.2 Å². The number of carboxylic acid groups (broad SMARTS) is 1. The van der Waals surface area contributed by atoms with Gasteiger partial charge in [-0.05, 0) is 73.4 Å². The molecule has 0 radical (unpaired) electrons. The van der Waals surface area contributed by atoms with Crippen molar-refractivity contribution in [3.8, 4) is 17.6 Å². The number of nitriles is 1. The van der Waals surface area contributed by atoms with E-state index in [0.717, 1.165) is 78.0 Å². The van der Waals surface area contributed by atoms with E-state index in [2.05, 4.69) is 25.9 Å². The molecule has 6 rings (SSSR count). The molecule has 0 bridgehead atoms. The van der Waals surface area contributed by atoms with Gasteiger partial charge in [-0.2, -0.15) is 5.26 Å². The number of carbonyl (C=O) groups is 1. The average Bonchev–Trinajstić information content (AvgIpc) is 3.65. The Labute approximate surface area is 266 Å². The van der Waals surface area contributed by atoms with E-state index < -0.39 is 11.8 Å². The monoisotopic (exact) mass is 622 g/mol. The van der Waals surface area contributed by atoms with Gasteiger partial charge in [0.15, 0.2) is 11.6 Å². The fraction of sp³-hybridized carbons (Fsp3) is 0.314. The minimum Gasteiger partial charge on any atom is -0.490 e. The summed E-state index contributed by atoms with van der Waals surface area (Å²) in [5, 5.41) is 18.3. The molecule has 3 heterocycles. The maximum absolute atomic E-state index is 14.2. The molecule has 1 aliphatic rings. The topological polar surface area (TPSA) is 118 Å². The lowest BCUT2D eigenvalue weighted by molar-refractivity contribution is -0.136. The molecule has 0 amide bonds. The van der Waals surface area contributed by atoms with E-state index in [1.54, 1.807) is 0 Å². The van der Waals surface area contributed by atoms with Gasteiger partial charge in [-0.15, -0.1) is 0 Å². The minimum atomic E-state index is -0.863. The zero-order valence-corrected chi connectivity index (χ0v) is 25.6. The van der Waals surface area contributed by atoms with Crippen molar-refractivity contribution in [1.29, 1.82) is 5.26 Å². The first-order valence-electron chi connectivity index (χ1n) is 15.4. The summed E-state index contributed by atoms with van der Waals surface area (Å²) < 4.78 is 30.5. The third kappa shape index (κ3) is 7.19. The van der Waals surface area contributed by atoms with Crippen molar-refractivity contribution in [3.63, 3.8) is 0 Å². The Bertz CT molecular complexity index is 1890. The van der Waals surface area contributed by atoms with Crippen LogP contribution in [0.25, 0.3) is 11.0 Å². The maximum Gasteiger partial charge on any atom is 0.307 e. The van der Waals surface area contributed by atoms with Crippen LogP contribution >= 0.6 is 0 Å². The molecule has 1 fully saturated rings. The number of hydrogen-bond acceptors (Lipinski definition) is 7. The van der Waals surface area contributed by atoms with E-state index in [0.29, 0.717) is 13.1 Å². The Morgan fingerprint density at radius 3 is 2.70 bits per heavy atom. The van der Waals surface area contributed by atoms with Gasteiger partial charge in [0, 0.05) is 25.8 Å². The quantitative estimate of drug-likeness (QED) is 0.192. The van der Waals surface area contributed by atoms with Crippen LogP contribution in [-0.2, 0) is 37.5 Å². The molecule has 236 valence electrons. The van der Waals surface area contributed by atoms with Gasteiger partial charge in [0.1, 0.15) is 24.3 Å². The molecule has 46 heavy (non-hydrogen) atoms. The van der Waals surface area contributed by atoms with Crippen LogP contribution in [0.3, 0.4) is 0 Å². The number of carboxylic acids is 1. The molecule has 3 aromatic carbocycles. The van der Waals surface area contributed by atoms with Crippen LogP contribution in [0.15, 0.2) is 73.2 Å². The Kier molecular flexibility index (Phi) is 9.26. The first-order chi connectivity index (χ1) is 22.4. The standard InChI is InChI=1S/C35H35FN6O4/c1-2-41-23-38-19-27(41)20-42-32-16-24(17-35(43)44)6-8-31(32)39-34(42)21-40-12-10-28(11-13-40)46-29-5-3-4-26(14-29)22-45-33-9-7-25(18-37)15-30(33)36/h3-9,14-16,19,23,28H,2,10-13,17,20-22H2,1H3,(H,43,44). The number of ether oxygens (including phenoxy) is 2. The molecule has 5 aromatic rings. The van der Waals surface area contributed by atoms with Crippen LogP contribution in [0.1, 0.15) is 48.0 Å². The molecule has 1 aliphatic heterocycles. The smallest absolute Gasteiger partial charge is 0.307 e. The number of piperidine rings is 1. The highest BCUT2D eigenvalue weighted by atomic mass is 19.1. The molecule has 0 aliphatic carbocycles. The van der Waals surface area contributed by atoms with Crippen molar-refractivity contribution in [3.05, 3.63) is 107 Å². The summed E-state index contributed by atoms with van der Waals surface area (Å²) in [6.07, 6.45) is 5.41. The first kappa shape index (κ1) is 30.8. The Morgan fingerprint density at radius 1 is 1.09 bits per heavy atom. The highest BCUT2D eigenvalue weighted by molar-refractivity contribution is 5.79. The highest BCUT2D eigenvalue weighted by Crippen LogP contribution is 2.26. The molecule has 1 saturated heterocycles. The molecular weight excluding hydrogens is 587 g/mol. The fourth-order valence-electron chi connectivity index (χ4n) is 5.86. The van der Waals surface area contributed by atoms with E-state index in [-0.39, 0.29) is 30.4 Å². The van der Waals surface area contributed by atoms with Gasteiger partial charge in [0.05, 0.1) is 54.2 Å². The Balaban J connectivity index is 1.10. The lowest BCUT2D eigenvalue weighted by atomic mass is 10.1. The van der Waals surface area contributed by atoms with Crippen molar-refractivity contribution < 1.29 is 23.8 Å². The number of halogens is 1. The highest BCUT2D eigenvalue weighted by Gasteiger charge is 2.23. The summed E-state index contributed by atoms with van der Waals surface area (Å²) in [5.41, 5.74) is 4.67. The minimum absolute atomic E-state index is 0.0392. The number of aliphatic carboxylic acids is 1. The lowest BCUT2D eigenvalue weighted by Gasteiger charge is -2.32. The number of aromatic nitrogens is 4. The van der Waals surface area contributed by atoms with Crippen molar-refractivity contribution in [2.45, 2.75) is 58.5 Å². The number of imidazole rings is 2. The molecule has 2 aromatic heterocycles. The van der Waals surface area contributed by atoms with Gasteiger partial charge in [-0.3, -0.25) is 9.69 Å². The fourth-order valence-corrected chi connectivity index (χ4v) is 5.86. The summed E-state index contributed by atoms with van der Waals surface area (Å²) in [6, 6.07) is 19.4. The molecule has 1 N–H and O–H groups in total. The van der Waals surface area contributed by atoms with Crippen LogP contribution in [0, 0.1) is 17.1 Å². The predicted octanol–water partition coefficient (Wildman–Crippen LogP) is 5.56. The zero-order chi connectivity index (χ0) is 32.0. The number of fused-ring (bicyclic) bond motifs is 1. The Hall–Kier alpha value is -5.21. The summed E-state index contributed by atoms with van der Waals surface area (Å²) >= 11 is 0. The second-order valence-electron chi connectivity index (χ2n) is 11.5. The second kappa shape index (κ2) is 13.8. The summed E-state index contributed by atoms with van der Waals surface area (Å²) in [4.78, 5) is 23.1. The zero-order valence-electron chi connectivity index (χ0n) is 25.6. The van der Waals surface area contributed by atoms with E-state index in [4.69, 9.17) is 19.7 Å². The molecule has 0 atom stereocenters. The normalized spacial score (nSPS) is 13.9. The van der Waals surface area contributed by atoms with Crippen molar-refractivity contribution in [2.75, 3.05) is 13.1 Å². The SMILES string of the molecule is CCn1cncc1Cn1c(CN2CCC(Oc3cccc(COc4ccc(C#N)cc4F)c3)CC2)nc2ccc(CC(=O)O)cc21.